The van der Waals surface area contributed by atoms with Crippen molar-refractivity contribution in [2.45, 2.75) is 19.0 Å². The molecule has 1 unspecified atom stereocenters. The first-order valence-corrected chi connectivity index (χ1v) is 10.2. The first kappa shape index (κ1) is 16.7. The Balaban J connectivity index is 1.44. The zero-order valence-electron chi connectivity index (χ0n) is 14.0. The summed E-state index contributed by atoms with van der Waals surface area (Å²) < 4.78 is 24.8. The van der Waals surface area contributed by atoms with E-state index in [9.17, 15) is 13.2 Å². The van der Waals surface area contributed by atoms with Crippen LogP contribution in [0.3, 0.4) is 0 Å². The van der Waals surface area contributed by atoms with Gasteiger partial charge in [-0.15, -0.1) is 5.10 Å². The van der Waals surface area contributed by atoms with E-state index < -0.39 is 9.84 Å². The van der Waals surface area contributed by atoms with Crippen molar-refractivity contribution in [3.63, 3.8) is 0 Å². The van der Waals surface area contributed by atoms with Crippen LogP contribution in [0.2, 0.25) is 0 Å². The smallest absolute Gasteiger partial charge is 0.251 e. The summed E-state index contributed by atoms with van der Waals surface area (Å²) in [5.74, 6) is -0.0799. The van der Waals surface area contributed by atoms with Crippen LogP contribution in [0.5, 0.6) is 0 Å². The van der Waals surface area contributed by atoms with Gasteiger partial charge in [-0.2, -0.15) is 0 Å². The largest absolute Gasteiger partial charge is 0.348 e. The summed E-state index contributed by atoms with van der Waals surface area (Å²) in [5, 5.41) is 11.1. The van der Waals surface area contributed by atoms with Gasteiger partial charge in [0.25, 0.3) is 5.91 Å². The number of nitrogens with one attached hydrogen (secondary N) is 1. The number of nitrogens with zero attached hydrogens (tertiary/aromatic N) is 3. The molecule has 2 heterocycles. The molecule has 1 N–H and O–H groups in total. The predicted octanol–water partition coefficient (Wildman–Crippen LogP) is 1.40. The molecule has 4 rings (SSSR count). The summed E-state index contributed by atoms with van der Waals surface area (Å²) in [6.45, 7) is 0.559. The molecule has 1 aliphatic rings. The van der Waals surface area contributed by atoms with Crippen molar-refractivity contribution < 1.29 is 13.2 Å². The van der Waals surface area contributed by atoms with Gasteiger partial charge in [0, 0.05) is 11.6 Å². The second-order valence-electron chi connectivity index (χ2n) is 6.51. The Morgan fingerprint density at radius 2 is 1.92 bits per heavy atom. The second kappa shape index (κ2) is 6.53. The molecule has 3 aromatic rings. The molecule has 8 heteroatoms. The lowest BCUT2D eigenvalue weighted by atomic mass is 10.1. The average molecular weight is 370 g/mol. The first-order valence-electron chi connectivity index (χ1n) is 8.39. The molecule has 2 aromatic carbocycles. The Labute approximate surface area is 150 Å². The summed E-state index contributed by atoms with van der Waals surface area (Å²) in [4.78, 5) is 12.3. The number of amides is 1. The number of carbonyl (C=O) groups excluding carboxylic acids is 1. The third kappa shape index (κ3) is 3.45. The fraction of sp³-hybridized carbons (Fsp3) is 0.278. The minimum absolute atomic E-state index is 0.0240. The zero-order chi connectivity index (χ0) is 18.1. The van der Waals surface area contributed by atoms with Crippen LogP contribution in [0.4, 0.5) is 0 Å². The van der Waals surface area contributed by atoms with E-state index in [0.29, 0.717) is 18.5 Å². The molecular weight excluding hydrogens is 352 g/mol. The van der Waals surface area contributed by atoms with Gasteiger partial charge in [-0.05, 0) is 36.2 Å². The van der Waals surface area contributed by atoms with Crippen molar-refractivity contribution in [1.29, 1.82) is 0 Å². The molecule has 0 radical (unpaired) electrons. The third-order valence-corrected chi connectivity index (χ3v) is 6.30. The van der Waals surface area contributed by atoms with Crippen molar-refractivity contribution >= 4 is 26.8 Å². The summed E-state index contributed by atoms with van der Waals surface area (Å²) in [6, 6.07) is 14.7. The lowest BCUT2D eigenvalue weighted by Crippen LogP contribution is -2.35. The molecule has 1 amide bonds. The highest BCUT2D eigenvalue weighted by atomic mass is 32.2. The van der Waals surface area contributed by atoms with Crippen LogP contribution in [0, 0.1) is 0 Å². The van der Waals surface area contributed by atoms with Gasteiger partial charge in [0.05, 0.1) is 23.6 Å². The van der Waals surface area contributed by atoms with Gasteiger partial charge >= 0.3 is 0 Å². The lowest BCUT2D eigenvalue weighted by molar-refractivity contribution is 0.0941. The number of sulfone groups is 1. The molecule has 134 valence electrons. The third-order valence-electron chi connectivity index (χ3n) is 4.54. The maximum atomic E-state index is 12.3. The Hall–Kier alpha value is -2.74. The maximum absolute atomic E-state index is 12.3. The normalized spacial score (nSPS) is 18.8. The summed E-state index contributed by atoms with van der Waals surface area (Å²) >= 11 is 0. The molecule has 0 saturated carbocycles. The number of rotatable bonds is 4. The van der Waals surface area contributed by atoms with Crippen LogP contribution < -0.4 is 5.32 Å². The number of hydrogen-bond donors (Lipinski definition) is 1. The van der Waals surface area contributed by atoms with Gasteiger partial charge in [0.1, 0.15) is 5.52 Å². The molecule has 1 aliphatic heterocycles. The number of fused-ring (bicyclic) bond motifs is 1. The topological polar surface area (TPSA) is 94.0 Å². The molecule has 1 atom stereocenters. The van der Waals surface area contributed by atoms with Crippen LogP contribution in [0.1, 0.15) is 22.3 Å². The molecule has 0 spiro atoms. The van der Waals surface area contributed by atoms with Gasteiger partial charge in [-0.1, -0.05) is 29.5 Å². The number of para-hydroxylation sites is 1. The molecule has 26 heavy (non-hydrogen) atoms. The lowest BCUT2D eigenvalue weighted by Gasteiger charge is -2.11. The highest BCUT2D eigenvalue weighted by Gasteiger charge is 2.29. The predicted molar refractivity (Wildman–Crippen MR) is 97.6 cm³/mol. The van der Waals surface area contributed by atoms with Crippen molar-refractivity contribution in [3.05, 3.63) is 59.7 Å². The number of benzene rings is 2. The monoisotopic (exact) mass is 370 g/mol. The van der Waals surface area contributed by atoms with Gasteiger partial charge in [0.2, 0.25) is 0 Å². The average Bonchev–Trinajstić information content (AvgIpc) is 3.18. The maximum Gasteiger partial charge on any atom is 0.251 e. The highest BCUT2D eigenvalue weighted by molar-refractivity contribution is 7.91. The fourth-order valence-electron chi connectivity index (χ4n) is 3.15. The van der Waals surface area contributed by atoms with E-state index >= 15 is 0 Å². The number of hydrogen-bond acceptors (Lipinski definition) is 5. The second-order valence-corrected chi connectivity index (χ2v) is 8.73. The summed E-state index contributed by atoms with van der Waals surface area (Å²) in [6.07, 6.45) is 0.478. The van der Waals surface area contributed by atoms with Crippen LogP contribution in [0.15, 0.2) is 48.5 Å². The molecule has 7 nitrogen and oxygen atoms in total. The zero-order valence-corrected chi connectivity index (χ0v) is 14.8. The summed E-state index contributed by atoms with van der Waals surface area (Å²) in [7, 11) is -3.01. The van der Waals surface area contributed by atoms with Crippen LogP contribution in [-0.2, 0) is 16.4 Å². The molecule has 0 bridgehead atoms. The van der Waals surface area contributed by atoms with E-state index in [0.717, 1.165) is 16.6 Å². The first-order chi connectivity index (χ1) is 12.5. The van der Waals surface area contributed by atoms with Crippen LogP contribution >= 0.6 is 0 Å². The Bertz CT molecular complexity index is 1060. The Kier molecular flexibility index (Phi) is 4.20. The van der Waals surface area contributed by atoms with E-state index in [-0.39, 0.29) is 23.5 Å². The van der Waals surface area contributed by atoms with E-state index in [1.54, 1.807) is 12.1 Å². The quantitative estimate of drug-likeness (QED) is 0.749. The van der Waals surface area contributed by atoms with E-state index in [4.69, 9.17) is 0 Å². The van der Waals surface area contributed by atoms with E-state index in [2.05, 4.69) is 15.6 Å². The van der Waals surface area contributed by atoms with Gasteiger partial charge in [-0.3, -0.25) is 4.79 Å². The van der Waals surface area contributed by atoms with Crippen molar-refractivity contribution in [1.82, 2.24) is 20.3 Å². The van der Waals surface area contributed by atoms with Crippen LogP contribution in [-0.4, -0.2) is 46.9 Å². The van der Waals surface area contributed by atoms with E-state index in [1.807, 2.05) is 41.1 Å². The van der Waals surface area contributed by atoms with E-state index in [1.165, 1.54) is 0 Å². The van der Waals surface area contributed by atoms with Gasteiger partial charge in [-0.25, -0.2) is 13.1 Å². The number of aromatic nitrogens is 3. The Morgan fingerprint density at radius 1 is 1.15 bits per heavy atom. The van der Waals surface area contributed by atoms with Crippen LogP contribution in [0.25, 0.3) is 11.0 Å². The molecule has 1 saturated heterocycles. The van der Waals surface area contributed by atoms with Crippen molar-refractivity contribution in [2.24, 2.45) is 0 Å². The molecular formula is C18H18N4O3S. The summed E-state index contributed by atoms with van der Waals surface area (Å²) in [5.41, 5.74) is 3.31. The Morgan fingerprint density at radius 3 is 2.65 bits per heavy atom. The fourth-order valence-corrected chi connectivity index (χ4v) is 4.82. The van der Waals surface area contributed by atoms with Crippen molar-refractivity contribution in [3.8, 4) is 0 Å². The minimum atomic E-state index is -3.01. The minimum Gasteiger partial charge on any atom is -0.348 e. The van der Waals surface area contributed by atoms with Gasteiger partial charge in [0.15, 0.2) is 9.84 Å². The molecule has 0 aliphatic carbocycles. The van der Waals surface area contributed by atoms with Gasteiger partial charge < -0.3 is 5.32 Å². The SMILES string of the molecule is O=C(NC1CCS(=O)(=O)C1)c1ccc(Cn2nnc3ccccc32)cc1. The van der Waals surface area contributed by atoms with Crippen molar-refractivity contribution in [2.75, 3.05) is 11.5 Å². The number of carbonyl (C=O) groups is 1. The molecule has 1 fully saturated rings. The highest BCUT2D eigenvalue weighted by Crippen LogP contribution is 2.14. The standard InChI is InChI=1S/C18H18N4O3S/c23-18(19-15-9-10-26(24,25)12-15)14-7-5-13(6-8-14)11-22-17-4-2-1-3-16(17)20-21-22/h1-8,15H,9-12H2,(H,19,23). The molecule has 1 aromatic heterocycles.